The zero-order valence-electron chi connectivity index (χ0n) is 13.6. The van der Waals surface area contributed by atoms with Crippen LogP contribution in [0.3, 0.4) is 0 Å². The van der Waals surface area contributed by atoms with Gasteiger partial charge in [0.15, 0.2) is 0 Å². The molecule has 122 valence electrons. The number of aromatic nitrogens is 1. The third kappa shape index (κ3) is 6.43. The Labute approximate surface area is 148 Å². The summed E-state index contributed by atoms with van der Waals surface area (Å²) in [6, 6.07) is 7.58. The van der Waals surface area contributed by atoms with E-state index in [-0.39, 0.29) is 0 Å². The highest BCUT2D eigenvalue weighted by Crippen LogP contribution is 2.26. The lowest BCUT2D eigenvalue weighted by Crippen LogP contribution is -1.84. The number of pyridine rings is 1. The van der Waals surface area contributed by atoms with E-state index in [4.69, 9.17) is 39.5 Å². The molecule has 0 saturated heterocycles. The molecule has 0 N–H and O–H groups in total. The molecule has 2 aromatic rings. The van der Waals surface area contributed by atoms with Gasteiger partial charge >= 0.3 is 0 Å². The first-order valence-electron chi connectivity index (χ1n) is 7.09. The summed E-state index contributed by atoms with van der Waals surface area (Å²) in [5, 5.41) is 1.66. The minimum absolute atomic E-state index is 0.390. The van der Waals surface area contributed by atoms with Crippen LogP contribution in [0, 0.1) is 6.92 Å². The molecule has 0 aliphatic rings. The molecule has 0 aliphatic carbocycles. The Kier molecular flexibility index (Phi) is 11.1. The lowest BCUT2D eigenvalue weighted by Gasteiger charge is -2.03. The van der Waals surface area contributed by atoms with E-state index in [1.807, 2.05) is 52.0 Å². The Balaban J connectivity index is 0.000000360. The fourth-order valence-corrected chi connectivity index (χ4v) is 2.13. The Morgan fingerprint density at radius 2 is 1.68 bits per heavy atom. The minimum Gasteiger partial charge on any atom is -0.495 e. The highest BCUT2D eigenvalue weighted by atomic mass is 35.5. The van der Waals surface area contributed by atoms with Gasteiger partial charge in [-0.3, -0.25) is 0 Å². The van der Waals surface area contributed by atoms with Gasteiger partial charge in [-0.1, -0.05) is 67.7 Å². The maximum Gasteiger partial charge on any atom is 0.147 e. The fourth-order valence-electron chi connectivity index (χ4n) is 1.51. The predicted molar refractivity (Wildman–Crippen MR) is 97.7 cm³/mol. The maximum absolute atomic E-state index is 5.87. The van der Waals surface area contributed by atoms with Crippen molar-refractivity contribution in [1.29, 1.82) is 0 Å². The number of benzene rings is 1. The number of rotatable bonds is 2. The number of halogens is 3. The molecule has 1 aromatic carbocycles. The monoisotopic (exact) mass is 361 g/mol. The summed E-state index contributed by atoms with van der Waals surface area (Å²) in [6.45, 7) is 7.97. The van der Waals surface area contributed by atoms with Gasteiger partial charge in [0.1, 0.15) is 10.9 Å². The first kappa shape index (κ1) is 21.0. The molecular formula is C17H22Cl3NO. The summed E-state index contributed by atoms with van der Waals surface area (Å²) in [5.74, 6) is 0.738. The van der Waals surface area contributed by atoms with Crippen molar-refractivity contribution < 1.29 is 4.74 Å². The van der Waals surface area contributed by atoms with E-state index in [2.05, 4.69) is 4.98 Å². The number of hydrogen-bond donors (Lipinski definition) is 0. The molecular weight excluding hydrogens is 341 g/mol. The minimum atomic E-state index is 0.390. The topological polar surface area (TPSA) is 22.1 Å². The van der Waals surface area contributed by atoms with Crippen LogP contribution >= 0.6 is 34.8 Å². The second-order valence-electron chi connectivity index (χ2n) is 4.02. The highest BCUT2D eigenvalue weighted by Gasteiger charge is 2.01. The zero-order chi connectivity index (χ0) is 17.1. The molecule has 0 aliphatic heterocycles. The summed E-state index contributed by atoms with van der Waals surface area (Å²) in [5.41, 5.74) is 2.09. The smallest absolute Gasteiger partial charge is 0.147 e. The van der Waals surface area contributed by atoms with Crippen molar-refractivity contribution in [2.24, 2.45) is 0 Å². The number of ether oxygens (including phenoxy) is 1. The molecule has 0 bridgehead atoms. The Bertz CT molecular complexity index is 522. The van der Waals surface area contributed by atoms with Crippen molar-refractivity contribution in [2.75, 3.05) is 7.11 Å². The van der Waals surface area contributed by atoms with Gasteiger partial charge in [0, 0.05) is 6.20 Å². The van der Waals surface area contributed by atoms with Crippen LogP contribution < -0.4 is 4.74 Å². The van der Waals surface area contributed by atoms with Gasteiger partial charge in [0.05, 0.1) is 17.2 Å². The SMILES string of the molecule is CC.CCc1ccnc(Cl)c1Cl.COc1cccc(C)c1Cl. The average Bonchev–Trinajstić information content (AvgIpc) is 2.55. The van der Waals surface area contributed by atoms with Crippen molar-refractivity contribution >= 4 is 34.8 Å². The normalized spacial score (nSPS) is 9.09. The van der Waals surface area contributed by atoms with E-state index in [9.17, 15) is 0 Å². The van der Waals surface area contributed by atoms with Crippen molar-refractivity contribution in [1.82, 2.24) is 4.98 Å². The molecule has 0 fully saturated rings. The molecule has 0 amide bonds. The molecule has 5 heteroatoms. The van der Waals surface area contributed by atoms with Crippen LogP contribution in [-0.4, -0.2) is 12.1 Å². The van der Waals surface area contributed by atoms with Crippen LogP contribution in [0.4, 0.5) is 0 Å². The summed E-state index contributed by atoms with van der Waals surface area (Å²) in [7, 11) is 1.61. The van der Waals surface area contributed by atoms with E-state index in [1.165, 1.54) is 0 Å². The van der Waals surface area contributed by atoms with E-state index < -0.39 is 0 Å². The summed E-state index contributed by atoms with van der Waals surface area (Å²) in [6.07, 6.45) is 2.55. The Hall–Kier alpha value is -0.960. The number of hydrogen-bond acceptors (Lipinski definition) is 2. The molecule has 0 spiro atoms. The lowest BCUT2D eigenvalue weighted by molar-refractivity contribution is 0.414. The molecule has 0 unspecified atom stereocenters. The maximum atomic E-state index is 5.87. The molecule has 2 nitrogen and oxygen atoms in total. The standard InChI is InChI=1S/C8H9ClO.C7H7Cl2N.C2H6/c1-6-4-3-5-7(10-2)8(6)9;1-2-5-3-4-10-7(9)6(5)8;1-2/h3-5H,1-2H3;3-4H,2H2,1H3;1-2H3. The van der Waals surface area contributed by atoms with E-state index in [1.54, 1.807) is 13.3 Å². The second-order valence-corrected chi connectivity index (χ2v) is 5.13. The second kappa shape index (κ2) is 11.6. The third-order valence-corrected chi connectivity index (χ3v) is 3.97. The zero-order valence-corrected chi connectivity index (χ0v) is 15.9. The number of nitrogens with zero attached hydrogens (tertiary/aromatic N) is 1. The predicted octanol–water partition coefficient (Wildman–Crippen LogP) is 6.63. The van der Waals surface area contributed by atoms with Crippen molar-refractivity contribution in [3.63, 3.8) is 0 Å². The lowest BCUT2D eigenvalue weighted by atomic mass is 10.2. The van der Waals surface area contributed by atoms with Crippen LogP contribution in [0.2, 0.25) is 15.2 Å². The Morgan fingerprint density at radius 3 is 2.14 bits per heavy atom. The van der Waals surface area contributed by atoms with E-state index in [0.717, 1.165) is 23.3 Å². The molecule has 22 heavy (non-hydrogen) atoms. The summed E-state index contributed by atoms with van der Waals surface area (Å²) < 4.78 is 4.99. The van der Waals surface area contributed by atoms with Crippen LogP contribution in [-0.2, 0) is 6.42 Å². The van der Waals surface area contributed by atoms with Gasteiger partial charge < -0.3 is 4.74 Å². The number of methoxy groups -OCH3 is 1. The van der Waals surface area contributed by atoms with Crippen molar-refractivity contribution in [3.8, 4) is 5.75 Å². The molecule has 2 rings (SSSR count). The first-order chi connectivity index (χ1) is 10.5. The van der Waals surface area contributed by atoms with E-state index >= 15 is 0 Å². The van der Waals surface area contributed by atoms with Gasteiger partial charge in [-0.05, 0) is 36.6 Å². The van der Waals surface area contributed by atoms with E-state index in [0.29, 0.717) is 15.2 Å². The highest BCUT2D eigenvalue weighted by molar-refractivity contribution is 6.41. The van der Waals surface area contributed by atoms with Crippen LogP contribution in [0.25, 0.3) is 0 Å². The van der Waals surface area contributed by atoms with Crippen molar-refractivity contribution in [3.05, 3.63) is 56.8 Å². The Morgan fingerprint density at radius 1 is 1.05 bits per heavy atom. The molecule has 0 saturated carbocycles. The molecule has 0 radical (unpaired) electrons. The average molecular weight is 363 g/mol. The summed E-state index contributed by atoms with van der Waals surface area (Å²) in [4.78, 5) is 3.82. The van der Waals surface area contributed by atoms with Gasteiger partial charge in [-0.15, -0.1) is 0 Å². The van der Waals surface area contributed by atoms with Crippen LogP contribution in [0.1, 0.15) is 31.9 Å². The van der Waals surface area contributed by atoms with Gasteiger partial charge in [-0.25, -0.2) is 4.98 Å². The van der Waals surface area contributed by atoms with Gasteiger partial charge in [0.25, 0.3) is 0 Å². The first-order valence-corrected chi connectivity index (χ1v) is 8.22. The number of aryl methyl sites for hydroxylation is 2. The van der Waals surface area contributed by atoms with Crippen LogP contribution in [0.5, 0.6) is 5.75 Å². The molecule has 0 atom stereocenters. The third-order valence-electron chi connectivity index (χ3n) is 2.68. The quantitative estimate of drug-likeness (QED) is 0.559. The summed E-state index contributed by atoms with van der Waals surface area (Å²) >= 11 is 17.3. The fraction of sp³-hybridized carbons (Fsp3) is 0.353. The molecule has 1 heterocycles. The largest absolute Gasteiger partial charge is 0.495 e. The molecule has 1 aromatic heterocycles. The van der Waals surface area contributed by atoms with Gasteiger partial charge in [-0.2, -0.15) is 0 Å². The van der Waals surface area contributed by atoms with Crippen LogP contribution in [0.15, 0.2) is 30.5 Å². The van der Waals surface area contributed by atoms with Crippen molar-refractivity contribution in [2.45, 2.75) is 34.1 Å². The van der Waals surface area contributed by atoms with Gasteiger partial charge in [0.2, 0.25) is 0 Å².